The van der Waals surface area contributed by atoms with E-state index in [9.17, 15) is 14.4 Å². The Morgan fingerprint density at radius 1 is 0.949 bits per heavy atom. The molecule has 0 heterocycles. The van der Waals surface area contributed by atoms with E-state index in [2.05, 4.69) is 38.3 Å². The van der Waals surface area contributed by atoms with Crippen LogP contribution in [0.15, 0.2) is 30.3 Å². The van der Waals surface area contributed by atoms with Gasteiger partial charge < -0.3 is 15.7 Å². The van der Waals surface area contributed by atoms with Crippen molar-refractivity contribution in [3.05, 3.63) is 35.9 Å². The molecule has 0 aliphatic carbocycles. The molecule has 228 valence electrons. The van der Waals surface area contributed by atoms with Crippen LogP contribution in [0.25, 0.3) is 0 Å². The van der Waals surface area contributed by atoms with Crippen LogP contribution >= 0.6 is 11.8 Å². The standard InChI is InChI=1S/C11H21N3O4.C7H8O.C5H12.C4H10.C2H4OS/c1-7(2)4-8(5-9(15)14-18)11(17)13-6-10(16)12-3;8-6-7-4-2-1-3-5-7;1-3-5-4-2;1-3-4-2;1-4-2-3/h7-8,18H,4-6H2,1-3H3,(H,12,16)(H,13,17)(H,14,15);1-5,8H,6H2;3-5H2,1-2H3;3-4H2,1-2H3;2H,1H3/t8-;;;;/m1..../s1. The average Bonchev–Trinajstić information content (AvgIpc) is 2.96. The molecule has 0 radical (unpaired) electrons. The molecule has 0 aliphatic rings. The summed E-state index contributed by atoms with van der Waals surface area (Å²) in [5.41, 5.74) is 3.26. The van der Waals surface area contributed by atoms with Gasteiger partial charge in [-0.05, 0) is 24.2 Å². The summed E-state index contributed by atoms with van der Waals surface area (Å²) in [6, 6.07) is 9.52. The van der Waals surface area contributed by atoms with E-state index in [1.54, 1.807) is 6.26 Å². The van der Waals surface area contributed by atoms with Crippen molar-refractivity contribution in [1.29, 1.82) is 0 Å². The summed E-state index contributed by atoms with van der Waals surface area (Å²) in [5, 5.41) is 21.8. The Bertz CT molecular complexity index is 687. The summed E-state index contributed by atoms with van der Waals surface area (Å²) in [7, 11) is 1.47. The zero-order chi connectivity index (χ0) is 30.9. The molecule has 0 aliphatic heterocycles. The molecule has 0 aromatic heterocycles. The Kier molecular flexibility index (Phi) is 39.8. The van der Waals surface area contributed by atoms with E-state index in [-0.39, 0.29) is 37.3 Å². The third-order valence-electron chi connectivity index (χ3n) is 4.71. The van der Waals surface area contributed by atoms with Gasteiger partial charge in [0.2, 0.25) is 17.7 Å². The Morgan fingerprint density at radius 2 is 1.46 bits per heavy atom. The summed E-state index contributed by atoms with van der Waals surface area (Å²) < 4.78 is 0. The topological polar surface area (TPSA) is 145 Å². The first kappa shape index (κ1) is 43.6. The fourth-order valence-electron chi connectivity index (χ4n) is 2.46. The molecule has 0 saturated heterocycles. The number of aliphatic hydroxyl groups excluding tert-OH is 1. The maximum absolute atomic E-state index is 11.8. The zero-order valence-corrected chi connectivity index (χ0v) is 26.2. The minimum atomic E-state index is -0.615. The first-order valence-corrected chi connectivity index (χ1v) is 14.9. The number of carbonyl (C=O) groups is 4. The normalized spacial score (nSPS) is 9.82. The van der Waals surface area contributed by atoms with Gasteiger partial charge in [-0.25, -0.2) is 5.48 Å². The fraction of sp³-hybridized carbons (Fsp3) is 0.655. The van der Waals surface area contributed by atoms with Crippen LogP contribution in [-0.2, 0) is 25.8 Å². The summed E-state index contributed by atoms with van der Waals surface area (Å²) in [6.07, 6.45) is 8.85. The second-order valence-corrected chi connectivity index (χ2v) is 9.45. The number of unbranched alkanes of at least 4 members (excludes halogenated alkanes) is 3. The van der Waals surface area contributed by atoms with Crippen LogP contribution in [0.3, 0.4) is 0 Å². The van der Waals surface area contributed by atoms with E-state index in [0.29, 0.717) is 6.42 Å². The third kappa shape index (κ3) is 37.8. The number of amides is 3. The number of carbonyl (C=O) groups excluding carboxylic acids is 4. The van der Waals surface area contributed by atoms with Gasteiger partial charge in [0.05, 0.1) is 13.2 Å². The highest BCUT2D eigenvalue weighted by Gasteiger charge is 2.23. The maximum Gasteiger partial charge on any atom is 0.244 e. The number of hydrogen-bond acceptors (Lipinski definition) is 7. The van der Waals surface area contributed by atoms with Crippen molar-refractivity contribution in [3.63, 3.8) is 0 Å². The monoisotopic (exact) mass is 573 g/mol. The van der Waals surface area contributed by atoms with Crippen LogP contribution in [0, 0.1) is 11.8 Å². The molecule has 0 fully saturated rings. The molecule has 1 aromatic carbocycles. The van der Waals surface area contributed by atoms with E-state index in [4.69, 9.17) is 15.1 Å². The molecule has 1 aromatic rings. The van der Waals surface area contributed by atoms with Crippen LogP contribution < -0.4 is 16.1 Å². The third-order valence-corrected chi connectivity index (χ3v) is 4.91. The van der Waals surface area contributed by atoms with E-state index < -0.39 is 11.8 Å². The van der Waals surface area contributed by atoms with Crippen molar-refractivity contribution < 1.29 is 29.5 Å². The lowest BCUT2D eigenvalue weighted by atomic mass is 9.93. The summed E-state index contributed by atoms with van der Waals surface area (Å²) in [4.78, 5) is 43.0. The van der Waals surface area contributed by atoms with Crippen molar-refractivity contribution in [3.8, 4) is 0 Å². The Hall–Kier alpha value is -2.43. The Labute approximate surface area is 241 Å². The SMILES string of the molecule is CCCC.CCCCC.CNC(=O)CNC(=O)[C@@H](CC(=O)NO)CC(C)C.CSC=O.OCc1ccccc1. The minimum absolute atomic E-state index is 0.103. The highest BCUT2D eigenvalue weighted by atomic mass is 32.2. The number of thioether (sulfide) groups is 1. The average molecular weight is 574 g/mol. The summed E-state index contributed by atoms with van der Waals surface area (Å²) in [6.45, 7) is 12.7. The second-order valence-electron chi connectivity index (χ2n) is 8.79. The number of benzene rings is 1. The van der Waals surface area contributed by atoms with Crippen LogP contribution in [-0.4, -0.2) is 53.5 Å². The fourth-order valence-corrected chi connectivity index (χ4v) is 2.46. The predicted molar refractivity (Wildman–Crippen MR) is 163 cm³/mol. The number of likely N-dealkylation sites (N-methyl/N-ethyl adjacent to an activating group) is 1. The quantitative estimate of drug-likeness (QED) is 0.132. The van der Waals surface area contributed by atoms with Gasteiger partial charge in [-0.1, -0.05) is 116 Å². The molecule has 0 saturated carbocycles. The van der Waals surface area contributed by atoms with Crippen molar-refractivity contribution >= 4 is 35.1 Å². The zero-order valence-electron chi connectivity index (χ0n) is 25.4. The van der Waals surface area contributed by atoms with Crippen LogP contribution in [0.5, 0.6) is 0 Å². The lowest BCUT2D eigenvalue weighted by Gasteiger charge is -2.17. The Morgan fingerprint density at radius 3 is 1.74 bits per heavy atom. The molecule has 39 heavy (non-hydrogen) atoms. The van der Waals surface area contributed by atoms with Gasteiger partial charge >= 0.3 is 0 Å². The van der Waals surface area contributed by atoms with Gasteiger partial charge in [0.25, 0.3) is 0 Å². The van der Waals surface area contributed by atoms with Gasteiger partial charge in [-0.3, -0.25) is 24.4 Å². The van der Waals surface area contributed by atoms with Gasteiger partial charge in [0, 0.05) is 19.4 Å². The first-order chi connectivity index (χ1) is 18.6. The molecule has 1 rings (SSSR count). The molecule has 3 amide bonds. The summed E-state index contributed by atoms with van der Waals surface area (Å²) >= 11 is 1.18. The largest absolute Gasteiger partial charge is 0.392 e. The predicted octanol–water partition coefficient (Wildman–Crippen LogP) is 5.13. The van der Waals surface area contributed by atoms with E-state index >= 15 is 0 Å². The van der Waals surface area contributed by atoms with Crippen molar-refractivity contribution in [1.82, 2.24) is 16.1 Å². The highest BCUT2D eigenvalue weighted by molar-refractivity contribution is 8.11. The molecule has 10 heteroatoms. The van der Waals surface area contributed by atoms with E-state index in [1.807, 2.05) is 44.2 Å². The van der Waals surface area contributed by atoms with E-state index in [0.717, 1.165) is 11.2 Å². The smallest absolute Gasteiger partial charge is 0.244 e. The van der Waals surface area contributed by atoms with Crippen molar-refractivity contribution in [2.24, 2.45) is 11.8 Å². The number of rotatable bonds is 12. The van der Waals surface area contributed by atoms with Gasteiger partial charge in [-0.2, -0.15) is 0 Å². The minimum Gasteiger partial charge on any atom is -0.392 e. The number of hydroxylamine groups is 1. The van der Waals surface area contributed by atoms with Gasteiger partial charge in [0.15, 0.2) is 5.62 Å². The number of aliphatic hydroxyl groups is 1. The van der Waals surface area contributed by atoms with Crippen LogP contribution in [0.1, 0.15) is 92.1 Å². The molecule has 0 bridgehead atoms. The Balaban J connectivity index is -0.000000237. The van der Waals surface area contributed by atoms with Crippen LogP contribution in [0.4, 0.5) is 0 Å². The second kappa shape index (κ2) is 35.6. The first-order valence-electron chi connectivity index (χ1n) is 13.6. The molecule has 0 spiro atoms. The lowest BCUT2D eigenvalue weighted by Crippen LogP contribution is -2.40. The molecular formula is C29H55N3O6S. The molecule has 5 N–H and O–H groups in total. The highest BCUT2D eigenvalue weighted by Crippen LogP contribution is 2.15. The van der Waals surface area contributed by atoms with E-state index in [1.165, 1.54) is 56.4 Å². The van der Waals surface area contributed by atoms with Crippen molar-refractivity contribution in [2.45, 2.75) is 93.1 Å². The maximum atomic E-state index is 11.8. The number of hydrogen-bond donors (Lipinski definition) is 5. The lowest BCUT2D eigenvalue weighted by molar-refractivity contribution is -0.135. The van der Waals surface area contributed by atoms with Crippen LogP contribution in [0.2, 0.25) is 0 Å². The van der Waals surface area contributed by atoms with Gasteiger partial charge in [-0.15, -0.1) is 0 Å². The van der Waals surface area contributed by atoms with Crippen molar-refractivity contribution in [2.75, 3.05) is 19.8 Å². The molecule has 0 unspecified atom stereocenters. The summed E-state index contributed by atoms with van der Waals surface area (Å²) in [5.74, 6) is -1.61. The molecule has 9 nitrogen and oxygen atoms in total. The van der Waals surface area contributed by atoms with Gasteiger partial charge in [0.1, 0.15) is 0 Å². The molecular weight excluding hydrogens is 518 g/mol. The number of nitrogens with one attached hydrogen (secondary N) is 3. The molecule has 1 atom stereocenters.